The molecule has 1 amide bonds. The molecule has 1 fully saturated rings. The van der Waals surface area contributed by atoms with Crippen LogP contribution in [0.5, 0.6) is 11.5 Å². The molecule has 0 spiro atoms. The number of hydrogen-bond donors (Lipinski definition) is 1. The molecule has 0 radical (unpaired) electrons. The van der Waals surface area contributed by atoms with Crippen molar-refractivity contribution in [1.29, 1.82) is 0 Å². The molecule has 6 heteroatoms. The Bertz CT molecular complexity index is 772. The first-order valence-corrected chi connectivity index (χ1v) is 8.66. The summed E-state index contributed by atoms with van der Waals surface area (Å²) in [6.45, 7) is 2.75. The highest BCUT2D eigenvalue weighted by Crippen LogP contribution is 2.32. The van der Waals surface area contributed by atoms with Gasteiger partial charge < -0.3 is 19.7 Å². The Labute approximate surface area is 146 Å². The number of carbonyl (C=O) groups excluding carboxylic acids is 1. The van der Waals surface area contributed by atoms with Gasteiger partial charge in [-0.1, -0.05) is 6.07 Å². The fraction of sp³-hybridized carbons (Fsp3) is 0.368. The summed E-state index contributed by atoms with van der Waals surface area (Å²) in [5, 5.41) is 2.94. The van der Waals surface area contributed by atoms with Crippen LogP contribution < -0.4 is 19.7 Å². The first-order chi connectivity index (χ1) is 12.3. The van der Waals surface area contributed by atoms with Crippen molar-refractivity contribution in [2.45, 2.75) is 25.8 Å². The Kier molecular flexibility index (Phi) is 4.41. The molecule has 2 aliphatic rings. The molecule has 1 aromatic carbocycles. The maximum absolute atomic E-state index is 12.5. The van der Waals surface area contributed by atoms with Crippen molar-refractivity contribution in [2.75, 3.05) is 24.8 Å². The van der Waals surface area contributed by atoms with Crippen LogP contribution in [0.15, 0.2) is 36.7 Å². The summed E-state index contributed by atoms with van der Waals surface area (Å²) in [4.78, 5) is 19.0. The number of pyridine rings is 1. The maximum Gasteiger partial charge on any atom is 0.253 e. The quantitative estimate of drug-likeness (QED) is 0.928. The van der Waals surface area contributed by atoms with Gasteiger partial charge in [-0.15, -0.1) is 0 Å². The van der Waals surface area contributed by atoms with E-state index in [1.807, 2.05) is 30.5 Å². The average molecular weight is 339 g/mol. The summed E-state index contributed by atoms with van der Waals surface area (Å²) in [5.41, 5.74) is 2.58. The van der Waals surface area contributed by atoms with Crippen molar-refractivity contribution in [3.63, 3.8) is 0 Å². The molecule has 0 saturated carbocycles. The van der Waals surface area contributed by atoms with Gasteiger partial charge in [0.15, 0.2) is 11.5 Å². The third-order valence-corrected chi connectivity index (χ3v) is 4.60. The van der Waals surface area contributed by atoms with E-state index in [9.17, 15) is 4.79 Å². The van der Waals surface area contributed by atoms with E-state index in [4.69, 9.17) is 9.47 Å². The molecule has 0 unspecified atom stereocenters. The zero-order valence-electron chi connectivity index (χ0n) is 14.0. The van der Waals surface area contributed by atoms with Gasteiger partial charge in [0.2, 0.25) is 6.79 Å². The number of amides is 1. The second-order valence-electron chi connectivity index (χ2n) is 6.35. The van der Waals surface area contributed by atoms with Crippen LogP contribution in [0.2, 0.25) is 0 Å². The van der Waals surface area contributed by atoms with Gasteiger partial charge in [0, 0.05) is 25.8 Å². The molecule has 3 heterocycles. The number of fused-ring (bicyclic) bond motifs is 1. The van der Waals surface area contributed by atoms with Gasteiger partial charge in [-0.25, -0.2) is 0 Å². The van der Waals surface area contributed by atoms with Crippen LogP contribution in [0.1, 0.15) is 35.2 Å². The predicted molar refractivity (Wildman–Crippen MR) is 94.0 cm³/mol. The topological polar surface area (TPSA) is 63.7 Å². The number of benzene rings is 1. The van der Waals surface area contributed by atoms with Crippen molar-refractivity contribution in [3.05, 3.63) is 47.8 Å². The summed E-state index contributed by atoms with van der Waals surface area (Å²) in [7, 11) is 0. The highest BCUT2D eigenvalue weighted by molar-refractivity contribution is 5.94. The fourth-order valence-corrected chi connectivity index (χ4v) is 3.21. The molecule has 6 nitrogen and oxygen atoms in total. The second kappa shape index (κ2) is 7.01. The Morgan fingerprint density at radius 2 is 1.92 bits per heavy atom. The van der Waals surface area contributed by atoms with Crippen molar-refractivity contribution in [2.24, 2.45) is 0 Å². The Hall–Kier alpha value is -2.76. The smallest absolute Gasteiger partial charge is 0.253 e. The third-order valence-electron chi connectivity index (χ3n) is 4.60. The van der Waals surface area contributed by atoms with E-state index in [0.717, 1.165) is 35.8 Å². The molecule has 25 heavy (non-hydrogen) atoms. The summed E-state index contributed by atoms with van der Waals surface area (Å²) >= 11 is 0. The summed E-state index contributed by atoms with van der Waals surface area (Å²) in [5.74, 6) is 1.35. The van der Waals surface area contributed by atoms with E-state index in [2.05, 4.69) is 15.2 Å². The molecule has 0 atom stereocenters. The molecule has 0 aliphatic carbocycles. The second-order valence-corrected chi connectivity index (χ2v) is 6.35. The van der Waals surface area contributed by atoms with Crippen LogP contribution in [-0.2, 0) is 6.54 Å². The van der Waals surface area contributed by atoms with E-state index in [1.54, 1.807) is 6.20 Å². The lowest BCUT2D eigenvalue weighted by Crippen LogP contribution is -2.30. The minimum Gasteiger partial charge on any atom is -0.454 e. The molecular formula is C19H21N3O3. The summed E-state index contributed by atoms with van der Waals surface area (Å²) in [6.07, 6.45) is 7.11. The number of aromatic nitrogens is 1. The van der Waals surface area contributed by atoms with E-state index >= 15 is 0 Å². The third kappa shape index (κ3) is 3.52. The van der Waals surface area contributed by atoms with E-state index < -0.39 is 0 Å². The SMILES string of the molecule is O=C(NCc1ccc2c(c1)OCO2)c1cncc(N2CCCCC2)c1. The monoisotopic (exact) mass is 339 g/mol. The molecule has 4 rings (SSSR count). The average Bonchev–Trinajstić information content (AvgIpc) is 3.15. The molecular weight excluding hydrogens is 318 g/mol. The molecule has 1 N–H and O–H groups in total. The number of ether oxygens (including phenoxy) is 2. The zero-order valence-corrected chi connectivity index (χ0v) is 14.0. The van der Waals surface area contributed by atoms with Crippen LogP contribution in [0.4, 0.5) is 5.69 Å². The minimum atomic E-state index is -0.121. The van der Waals surface area contributed by atoms with E-state index in [-0.39, 0.29) is 12.7 Å². The minimum absolute atomic E-state index is 0.121. The normalized spacial score (nSPS) is 15.9. The Morgan fingerprint density at radius 3 is 2.80 bits per heavy atom. The number of anilines is 1. The first-order valence-electron chi connectivity index (χ1n) is 8.66. The van der Waals surface area contributed by atoms with Crippen molar-refractivity contribution >= 4 is 11.6 Å². The molecule has 2 aliphatic heterocycles. The van der Waals surface area contributed by atoms with E-state index in [1.165, 1.54) is 19.3 Å². The maximum atomic E-state index is 12.5. The van der Waals surface area contributed by atoms with Gasteiger partial charge in [-0.2, -0.15) is 0 Å². The predicted octanol–water partition coefficient (Wildman–Crippen LogP) is 2.73. The number of nitrogens with one attached hydrogen (secondary N) is 1. The largest absolute Gasteiger partial charge is 0.454 e. The van der Waals surface area contributed by atoms with Gasteiger partial charge in [0.1, 0.15) is 0 Å². The van der Waals surface area contributed by atoms with Crippen LogP contribution in [-0.4, -0.2) is 30.8 Å². The molecule has 1 aromatic heterocycles. The first kappa shape index (κ1) is 15.7. The highest BCUT2D eigenvalue weighted by atomic mass is 16.7. The highest BCUT2D eigenvalue weighted by Gasteiger charge is 2.15. The van der Waals surface area contributed by atoms with Crippen molar-refractivity contribution < 1.29 is 14.3 Å². The van der Waals surface area contributed by atoms with Crippen LogP contribution >= 0.6 is 0 Å². The summed E-state index contributed by atoms with van der Waals surface area (Å²) in [6, 6.07) is 7.61. The van der Waals surface area contributed by atoms with Gasteiger partial charge in [0.25, 0.3) is 5.91 Å². The number of piperidine rings is 1. The van der Waals surface area contributed by atoms with E-state index in [0.29, 0.717) is 12.1 Å². The van der Waals surface area contributed by atoms with Gasteiger partial charge in [0.05, 0.1) is 17.4 Å². The van der Waals surface area contributed by atoms with Crippen molar-refractivity contribution in [1.82, 2.24) is 10.3 Å². The zero-order chi connectivity index (χ0) is 17.1. The number of nitrogens with zero attached hydrogens (tertiary/aromatic N) is 2. The van der Waals surface area contributed by atoms with Gasteiger partial charge in [-0.05, 0) is 43.0 Å². The number of hydrogen-bond acceptors (Lipinski definition) is 5. The lowest BCUT2D eigenvalue weighted by molar-refractivity contribution is 0.0950. The van der Waals surface area contributed by atoms with Gasteiger partial charge in [-0.3, -0.25) is 9.78 Å². The summed E-state index contributed by atoms with van der Waals surface area (Å²) < 4.78 is 10.7. The fourth-order valence-electron chi connectivity index (χ4n) is 3.21. The number of carbonyl (C=O) groups is 1. The van der Waals surface area contributed by atoms with Gasteiger partial charge >= 0.3 is 0 Å². The Morgan fingerprint density at radius 1 is 1.08 bits per heavy atom. The van der Waals surface area contributed by atoms with Crippen LogP contribution in [0.25, 0.3) is 0 Å². The standard InChI is InChI=1S/C19H21N3O3/c23-19(21-10-14-4-5-17-18(8-14)25-13-24-17)15-9-16(12-20-11-15)22-6-2-1-3-7-22/h4-5,8-9,11-12H,1-3,6-7,10,13H2,(H,21,23). The van der Waals surface area contributed by atoms with Crippen molar-refractivity contribution in [3.8, 4) is 11.5 Å². The molecule has 0 bridgehead atoms. The lowest BCUT2D eigenvalue weighted by atomic mass is 10.1. The Balaban J connectivity index is 1.41. The van der Waals surface area contributed by atoms with Crippen LogP contribution in [0, 0.1) is 0 Å². The number of rotatable bonds is 4. The molecule has 1 saturated heterocycles. The molecule has 2 aromatic rings. The lowest BCUT2D eigenvalue weighted by Gasteiger charge is -2.28. The van der Waals surface area contributed by atoms with Crippen LogP contribution in [0.3, 0.4) is 0 Å². The molecule has 130 valence electrons.